The van der Waals surface area contributed by atoms with Crippen LogP contribution in [0.2, 0.25) is 5.15 Å². The Morgan fingerprint density at radius 1 is 1.69 bits per heavy atom. The number of carbonyl (C=O) groups is 1. The number of hydrogen-bond acceptors (Lipinski definition) is 5. The molecule has 5 nitrogen and oxygen atoms in total. The van der Waals surface area contributed by atoms with Gasteiger partial charge in [0.1, 0.15) is 11.5 Å². The number of thiazole rings is 1. The number of amides is 1. The van der Waals surface area contributed by atoms with E-state index in [-0.39, 0.29) is 11.8 Å². The molecule has 0 saturated carbocycles. The SMILES string of the molecule is Cc1nc(Cl)c(C(=O)NOCC(C)(C)O)s1. The molecule has 0 aromatic carbocycles. The van der Waals surface area contributed by atoms with Gasteiger partial charge in [-0.2, -0.15) is 0 Å². The maximum atomic E-state index is 11.5. The van der Waals surface area contributed by atoms with E-state index in [2.05, 4.69) is 10.5 Å². The van der Waals surface area contributed by atoms with Crippen molar-refractivity contribution in [1.82, 2.24) is 10.5 Å². The molecule has 0 radical (unpaired) electrons. The number of hydroxylamine groups is 1. The van der Waals surface area contributed by atoms with Gasteiger partial charge in [-0.15, -0.1) is 11.3 Å². The van der Waals surface area contributed by atoms with Crippen molar-refractivity contribution < 1.29 is 14.7 Å². The predicted molar refractivity (Wildman–Crippen MR) is 61.6 cm³/mol. The van der Waals surface area contributed by atoms with Gasteiger partial charge < -0.3 is 5.11 Å². The number of hydrogen-bond donors (Lipinski definition) is 2. The quantitative estimate of drug-likeness (QED) is 0.809. The summed E-state index contributed by atoms with van der Waals surface area (Å²) in [5.41, 5.74) is 1.20. The molecule has 16 heavy (non-hydrogen) atoms. The lowest BCUT2D eigenvalue weighted by molar-refractivity contribution is -0.0521. The summed E-state index contributed by atoms with van der Waals surface area (Å²) < 4.78 is 0. The summed E-state index contributed by atoms with van der Waals surface area (Å²) in [7, 11) is 0. The zero-order valence-electron chi connectivity index (χ0n) is 9.20. The molecule has 1 rings (SSSR count). The number of rotatable bonds is 4. The van der Waals surface area contributed by atoms with E-state index in [1.165, 1.54) is 11.3 Å². The summed E-state index contributed by atoms with van der Waals surface area (Å²) in [5.74, 6) is -0.458. The van der Waals surface area contributed by atoms with Crippen LogP contribution in [0.3, 0.4) is 0 Å². The van der Waals surface area contributed by atoms with Crippen LogP contribution in [-0.4, -0.2) is 28.2 Å². The number of aryl methyl sites for hydroxylation is 1. The molecule has 0 aliphatic carbocycles. The summed E-state index contributed by atoms with van der Waals surface area (Å²) in [5, 5.41) is 10.2. The van der Waals surface area contributed by atoms with E-state index in [0.717, 1.165) is 0 Å². The molecular formula is C9H13ClN2O3S. The highest BCUT2D eigenvalue weighted by atomic mass is 35.5. The van der Waals surface area contributed by atoms with E-state index < -0.39 is 11.5 Å². The second-order valence-corrected chi connectivity index (χ2v) is 5.45. The van der Waals surface area contributed by atoms with E-state index >= 15 is 0 Å². The standard InChI is InChI=1S/C9H13ClN2O3S/c1-5-11-7(10)6(16-5)8(13)12-15-4-9(2,3)14/h14H,4H2,1-3H3,(H,12,13). The molecule has 7 heteroatoms. The average molecular weight is 265 g/mol. The summed E-state index contributed by atoms with van der Waals surface area (Å²) in [6.07, 6.45) is 0. The van der Waals surface area contributed by atoms with Gasteiger partial charge in [0.15, 0.2) is 5.15 Å². The number of aliphatic hydroxyl groups is 1. The minimum Gasteiger partial charge on any atom is -0.388 e. The Bertz CT molecular complexity index is 387. The first-order valence-corrected chi connectivity index (χ1v) is 5.76. The maximum Gasteiger partial charge on any atom is 0.288 e. The minimum atomic E-state index is -0.999. The number of nitrogens with zero attached hydrogens (tertiary/aromatic N) is 1. The van der Waals surface area contributed by atoms with Crippen LogP contribution in [0.4, 0.5) is 0 Å². The Morgan fingerprint density at radius 3 is 2.75 bits per heavy atom. The number of aromatic nitrogens is 1. The lowest BCUT2D eigenvalue weighted by Gasteiger charge is -2.16. The van der Waals surface area contributed by atoms with E-state index in [4.69, 9.17) is 16.4 Å². The fourth-order valence-corrected chi connectivity index (χ4v) is 1.94. The molecule has 0 bridgehead atoms. The Hall–Kier alpha value is -0.690. The first-order valence-electron chi connectivity index (χ1n) is 4.57. The highest BCUT2D eigenvalue weighted by Gasteiger charge is 2.17. The molecule has 0 fully saturated rings. The topological polar surface area (TPSA) is 71.5 Å². The third kappa shape index (κ3) is 4.05. The Balaban J connectivity index is 2.51. The molecular weight excluding hydrogens is 252 g/mol. The normalized spacial score (nSPS) is 11.6. The van der Waals surface area contributed by atoms with Crippen LogP contribution in [0.1, 0.15) is 28.5 Å². The molecule has 90 valence electrons. The van der Waals surface area contributed by atoms with Crippen LogP contribution < -0.4 is 5.48 Å². The van der Waals surface area contributed by atoms with Gasteiger partial charge >= 0.3 is 0 Å². The van der Waals surface area contributed by atoms with Crippen molar-refractivity contribution in [1.29, 1.82) is 0 Å². The highest BCUT2D eigenvalue weighted by Crippen LogP contribution is 2.22. The summed E-state index contributed by atoms with van der Waals surface area (Å²) in [4.78, 5) is 20.6. The highest BCUT2D eigenvalue weighted by molar-refractivity contribution is 7.14. The fourth-order valence-electron chi connectivity index (χ4n) is 0.866. The molecule has 1 aromatic rings. The summed E-state index contributed by atoms with van der Waals surface area (Å²) in [6.45, 7) is 4.89. The van der Waals surface area contributed by atoms with Crippen LogP contribution in [0.15, 0.2) is 0 Å². The Morgan fingerprint density at radius 2 is 2.31 bits per heavy atom. The fraction of sp³-hybridized carbons (Fsp3) is 0.556. The first kappa shape index (κ1) is 13.4. The monoisotopic (exact) mass is 264 g/mol. The van der Waals surface area contributed by atoms with Gasteiger partial charge in [0.25, 0.3) is 5.91 Å². The molecule has 0 atom stereocenters. The van der Waals surface area contributed by atoms with Crippen molar-refractivity contribution in [2.45, 2.75) is 26.4 Å². The van der Waals surface area contributed by atoms with Gasteiger partial charge in [0.05, 0.1) is 10.6 Å². The molecule has 2 N–H and O–H groups in total. The van der Waals surface area contributed by atoms with Gasteiger partial charge in [0.2, 0.25) is 0 Å². The van der Waals surface area contributed by atoms with Gasteiger partial charge in [-0.05, 0) is 20.8 Å². The largest absolute Gasteiger partial charge is 0.388 e. The maximum absolute atomic E-state index is 11.5. The molecule has 0 saturated heterocycles. The van der Waals surface area contributed by atoms with Crippen LogP contribution in [0, 0.1) is 6.92 Å². The second-order valence-electron chi connectivity index (χ2n) is 3.89. The van der Waals surface area contributed by atoms with Gasteiger partial charge in [0, 0.05) is 0 Å². The Labute approximate surface area is 102 Å². The predicted octanol–water partition coefficient (Wildman–Crippen LogP) is 1.54. The lowest BCUT2D eigenvalue weighted by atomic mass is 10.2. The number of nitrogens with one attached hydrogen (secondary N) is 1. The van der Waals surface area contributed by atoms with Crippen molar-refractivity contribution in [3.8, 4) is 0 Å². The van der Waals surface area contributed by atoms with Crippen molar-refractivity contribution in [3.05, 3.63) is 15.0 Å². The average Bonchev–Trinajstić information content (AvgIpc) is 2.43. The van der Waals surface area contributed by atoms with Crippen LogP contribution in [-0.2, 0) is 4.84 Å². The first-order chi connectivity index (χ1) is 7.29. The van der Waals surface area contributed by atoms with Gasteiger partial charge in [-0.1, -0.05) is 11.6 Å². The zero-order valence-corrected chi connectivity index (χ0v) is 10.8. The minimum absolute atomic E-state index is 0.00581. The van der Waals surface area contributed by atoms with E-state index in [1.807, 2.05) is 0 Å². The van der Waals surface area contributed by atoms with E-state index in [1.54, 1.807) is 20.8 Å². The van der Waals surface area contributed by atoms with Crippen molar-refractivity contribution in [2.24, 2.45) is 0 Å². The van der Waals surface area contributed by atoms with Gasteiger partial charge in [-0.3, -0.25) is 9.63 Å². The summed E-state index contributed by atoms with van der Waals surface area (Å²) >= 11 is 6.93. The van der Waals surface area contributed by atoms with Crippen molar-refractivity contribution >= 4 is 28.8 Å². The molecule has 1 amide bonds. The van der Waals surface area contributed by atoms with Crippen LogP contribution in [0.25, 0.3) is 0 Å². The van der Waals surface area contributed by atoms with E-state index in [9.17, 15) is 9.90 Å². The number of halogens is 1. The molecule has 1 aromatic heterocycles. The zero-order chi connectivity index (χ0) is 12.3. The van der Waals surface area contributed by atoms with Crippen molar-refractivity contribution in [3.63, 3.8) is 0 Å². The Kier molecular flexibility index (Phi) is 4.26. The second kappa shape index (κ2) is 5.09. The summed E-state index contributed by atoms with van der Waals surface area (Å²) in [6, 6.07) is 0. The third-order valence-electron chi connectivity index (χ3n) is 1.49. The van der Waals surface area contributed by atoms with Crippen LogP contribution >= 0.6 is 22.9 Å². The lowest BCUT2D eigenvalue weighted by Crippen LogP contribution is -2.33. The number of carbonyl (C=O) groups excluding carboxylic acids is 1. The molecule has 0 unspecified atom stereocenters. The molecule has 0 spiro atoms. The molecule has 1 heterocycles. The molecule has 0 aliphatic heterocycles. The molecule has 0 aliphatic rings. The van der Waals surface area contributed by atoms with Gasteiger partial charge in [-0.25, -0.2) is 10.5 Å². The van der Waals surface area contributed by atoms with E-state index in [0.29, 0.717) is 9.88 Å². The van der Waals surface area contributed by atoms with Crippen molar-refractivity contribution in [2.75, 3.05) is 6.61 Å². The third-order valence-corrected chi connectivity index (χ3v) is 2.84. The smallest absolute Gasteiger partial charge is 0.288 e. The van der Waals surface area contributed by atoms with Crippen LogP contribution in [0.5, 0.6) is 0 Å².